The van der Waals surface area contributed by atoms with Crippen LogP contribution in [-0.4, -0.2) is 12.1 Å². The van der Waals surface area contributed by atoms with Gasteiger partial charge >= 0.3 is 5.97 Å². The van der Waals surface area contributed by atoms with Crippen LogP contribution < -0.4 is 0 Å². The first kappa shape index (κ1) is 14.8. The van der Waals surface area contributed by atoms with Gasteiger partial charge in [0.15, 0.2) is 0 Å². The van der Waals surface area contributed by atoms with E-state index < -0.39 is 0 Å². The van der Waals surface area contributed by atoms with Gasteiger partial charge in [-0.05, 0) is 42.4 Å². The van der Waals surface area contributed by atoms with Gasteiger partial charge in [-0.25, -0.2) is 4.79 Å². The smallest absolute Gasteiger partial charge is 0.338 e. The summed E-state index contributed by atoms with van der Waals surface area (Å²) in [7, 11) is 0. The molecule has 1 aliphatic rings. The molecule has 1 saturated carbocycles. The van der Waals surface area contributed by atoms with Crippen LogP contribution in [0.1, 0.15) is 44.0 Å². The third-order valence-corrected chi connectivity index (χ3v) is 4.42. The molecule has 3 atom stereocenters. The number of carbonyl (C=O) groups excluding carboxylic acids is 1. The van der Waals surface area contributed by atoms with Crippen LogP contribution >= 0.6 is 0 Å². The molecule has 2 nitrogen and oxygen atoms in total. The van der Waals surface area contributed by atoms with Crippen LogP contribution in [0.4, 0.5) is 0 Å². The van der Waals surface area contributed by atoms with Crippen molar-refractivity contribution < 1.29 is 9.53 Å². The summed E-state index contributed by atoms with van der Waals surface area (Å²) < 4.78 is 5.80. The molecule has 0 N–H and O–H groups in total. The normalized spacial score (nSPS) is 26.6. The lowest BCUT2D eigenvalue weighted by atomic mass is 9.73. The lowest BCUT2D eigenvalue weighted by molar-refractivity contribution is 0.00639. The SMILES string of the molecule is C=C1[C@H](C)CC[C@@H](C(C)C)[C@@H]1OC(=O)c1ccccc1. The summed E-state index contributed by atoms with van der Waals surface area (Å²) in [6, 6.07) is 9.20. The van der Waals surface area contributed by atoms with Crippen LogP contribution in [-0.2, 0) is 4.74 Å². The van der Waals surface area contributed by atoms with E-state index in [-0.39, 0.29) is 12.1 Å². The molecule has 0 unspecified atom stereocenters. The maximum Gasteiger partial charge on any atom is 0.338 e. The molecule has 0 bridgehead atoms. The minimum atomic E-state index is -0.239. The van der Waals surface area contributed by atoms with Crippen molar-refractivity contribution >= 4 is 5.97 Å². The average Bonchev–Trinajstić information content (AvgIpc) is 2.44. The van der Waals surface area contributed by atoms with Crippen molar-refractivity contribution in [2.24, 2.45) is 17.8 Å². The monoisotopic (exact) mass is 272 g/mol. The van der Waals surface area contributed by atoms with Gasteiger partial charge in [-0.15, -0.1) is 0 Å². The summed E-state index contributed by atoms with van der Waals surface area (Å²) in [4.78, 5) is 12.3. The molecule has 1 aliphatic carbocycles. The van der Waals surface area contributed by atoms with Crippen LogP contribution in [0, 0.1) is 17.8 Å². The zero-order chi connectivity index (χ0) is 14.7. The van der Waals surface area contributed by atoms with Crippen molar-refractivity contribution in [3.63, 3.8) is 0 Å². The maximum absolute atomic E-state index is 12.3. The number of carbonyl (C=O) groups is 1. The minimum Gasteiger partial charge on any atom is -0.454 e. The highest BCUT2D eigenvalue weighted by molar-refractivity contribution is 5.89. The number of hydrogen-bond donors (Lipinski definition) is 0. The molecule has 1 fully saturated rings. The Morgan fingerprint density at radius 1 is 1.25 bits per heavy atom. The van der Waals surface area contributed by atoms with Crippen molar-refractivity contribution in [2.75, 3.05) is 0 Å². The third-order valence-electron chi connectivity index (χ3n) is 4.42. The van der Waals surface area contributed by atoms with E-state index in [9.17, 15) is 4.79 Å². The molecule has 1 aromatic carbocycles. The van der Waals surface area contributed by atoms with E-state index in [4.69, 9.17) is 4.74 Å². The predicted octanol–water partition coefficient (Wildman–Crippen LogP) is 4.47. The van der Waals surface area contributed by atoms with Crippen LogP contribution in [0.25, 0.3) is 0 Å². The van der Waals surface area contributed by atoms with Gasteiger partial charge in [0.2, 0.25) is 0 Å². The molecule has 0 amide bonds. The Balaban J connectivity index is 2.15. The fraction of sp³-hybridized carbons (Fsp3) is 0.500. The van der Waals surface area contributed by atoms with Gasteiger partial charge in [0, 0.05) is 5.92 Å². The Hall–Kier alpha value is -1.57. The fourth-order valence-electron chi connectivity index (χ4n) is 2.94. The van der Waals surface area contributed by atoms with Gasteiger partial charge in [-0.3, -0.25) is 0 Å². The molecule has 2 rings (SSSR count). The summed E-state index contributed by atoms with van der Waals surface area (Å²) in [5.41, 5.74) is 1.68. The number of benzene rings is 1. The fourth-order valence-corrected chi connectivity index (χ4v) is 2.94. The Morgan fingerprint density at radius 3 is 2.50 bits per heavy atom. The lowest BCUT2D eigenvalue weighted by Crippen LogP contribution is -2.37. The molecule has 20 heavy (non-hydrogen) atoms. The van der Waals surface area contributed by atoms with E-state index >= 15 is 0 Å². The second kappa shape index (κ2) is 6.25. The molecule has 1 aromatic rings. The van der Waals surface area contributed by atoms with E-state index in [1.165, 1.54) is 0 Å². The maximum atomic E-state index is 12.3. The molecule has 0 aliphatic heterocycles. The largest absolute Gasteiger partial charge is 0.454 e. The highest BCUT2D eigenvalue weighted by Gasteiger charge is 2.36. The first-order valence-corrected chi connectivity index (χ1v) is 7.45. The van der Waals surface area contributed by atoms with Gasteiger partial charge in [0.25, 0.3) is 0 Å². The zero-order valence-electron chi connectivity index (χ0n) is 12.6. The predicted molar refractivity (Wildman–Crippen MR) is 81.5 cm³/mol. The van der Waals surface area contributed by atoms with Crippen molar-refractivity contribution in [3.8, 4) is 0 Å². The second-order valence-electron chi connectivity index (χ2n) is 6.15. The number of hydrogen-bond acceptors (Lipinski definition) is 2. The number of ether oxygens (including phenoxy) is 1. The summed E-state index contributed by atoms with van der Waals surface area (Å²) in [6.45, 7) is 10.7. The standard InChI is InChI=1S/C18H24O2/c1-12(2)16-11-10-13(3)14(4)17(16)20-18(19)15-8-6-5-7-9-15/h5-9,12-13,16-17H,4,10-11H2,1-3H3/t13-,16+,17-/m1/s1. The van der Waals surface area contributed by atoms with Crippen molar-refractivity contribution in [2.45, 2.75) is 39.7 Å². The molecule has 108 valence electrons. The van der Waals surface area contributed by atoms with E-state index in [0.29, 0.717) is 23.3 Å². The summed E-state index contributed by atoms with van der Waals surface area (Å²) >= 11 is 0. The van der Waals surface area contributed by atoms with Crippen molar-refractivity contribution in [3.05, 3.63) is 48.0 Å². The Morgan fingerprint density at radius 2 is 1.90 bits per heavy atom. The van der Waals surface area contributed by atoms with Crippen LogP contribution in [0.3, 0.4) is 0 Å². The Kier molecular flexibility index (Phi) is 4.64. The topological polar surface area (TPSA) is 26.3 Å². The molecule has 0 radical (unpaired) electrons. The Bertz CT molecular complexity index is 475. The molecule has 2 heteroatoms. The summed E-state index contributed by atoms with van der Waals surface area (Å²) in [5.74, 6) is 1.06. The van der Waals surface area contributed by atoms with E-state index in [0.717, 1.165) is 18.4 Å². The van der Waals surface area contributed by atoms with Crippen LogP contribution in [0.15, 0.2) is 42.5 Å². The molecule has 0 aromatic heterocycles. The molecule has 0 spiro atoms. The van der Waals surface area contributed by atoms with Gasteiger partial charge in [0.1, 0.15) is 6.10 Å². The van der Waals surface area contributed by atoms with E-state index in [1.54, 1.807) is 12.1 Å². The highest BCUT2D eigenvalue weighted by atomic mass is 16.5. The third kappa shape index (κ3) is 3.12. The first-order chi connectivity index (χ1) is 9.50. The van der Waals surface area contributed by atoms with Gasteiger partial charge in [0.05, 0.1) is 5.56 Å². The van der Waals surface area contributed by atoms with Gasteiger partial charge in [-0.1, -0.05) is 45.5 Å². The van der Waals surface area contributed by atoms with Crippen molar-refractivity contribution in [1.29, 1.82) is 0 Å². The summed E-state index contributed by atoms with van der Waals surface area (Å²) in [6.07, 6.45) is 2.09. The van der Waals surface area contributed by atoms with E-state index in [1.807, 2.05) is 18.2 Å². The number of rotatable bonds is 3. The average molecular weight is 272 g/mol. The van der Waals surface area contributed by atoms with Crippen LogP contribution in [0.5, 0.6) is 0 Å². The number of esters is 1. The van der Waals surface area contributed by atoms with Gasteiger partial charge in [-0.2, -0.15) is 0 Å². The van der Waals surface area contributed by atoms with Crippen LogP contribution in [0.2, 0.25) is 0 Å². The Labute approximate surface area is 121 Å². The molecular formula is C18H24O2. The minimum absolute atomic E-state index is 0.147. The van der Waals surface area contributed by atoms with Crippen molar-refractivity contribution in [1.82, 2.24) is 0 Å². The lowest BCUT2D eigenvalue weighted by Gasteiger charge is -2.38. The summed E-state index contributed by atoms with van der Waals surface area (Å²) in [5, 5.41) is 0. The molecular weight excluding hydrogens is 248 g/mol. The molecule has 0 heterocycles. The molecule has 0 saturated heterocycles. The van der Waals surface area contributed by atoms with Gasteiger partial charge < -0.3 is 4.74 Å². The zero-order valence-corrected chi connectivity index (χ0v) is 12.6. The quantitative estimate of drug-likeness (QED) is 0.599. The second-order valence-corrected chi connectivity index (χ2v) is 6.15. The highest BCUT2D eigenvalue weighted by Crippen LogP contribution is 2.38. The van der Waals surface area contributed by atoms with E-state index in [2.05, 4.69) is 27.4 Å². The first-order valence-electron chi connectivity index (χ1n) is 7.45.